The monoisotopic (exact) mass is 253 g/mol. The van der Waals surface area contributed by atoms with Gasteiger partial charge in [-0.2, -0.15) is 0 Å². The van der Waals surface area contributed by atoms with Crippen LogP contribution in [0.5, 0.6) is 0 Å². The third kappa shape index (κ3) is 1.97. The van der Waals surface area contributed by atoms with Crippen LogP contribution in [0.25, 0.3) is 22.4 Å². The first-order chi connectivity index (χ1) is 9.15. The molecule has 0 spiro atoms. The molecule has 4 heteroatoms. The Morgan fingerprint density at radius 1 is 1.26 bits per heavy atom. The zero-order chi connectivity index (χ0) is 13.4. The van der Waals surface area contributed by atoms with Crippen LogP contribution in [0.15, 0.2) is 47.0 Å². The Hall–Kier alpha value is -2.62. The molecule has 19 heavy (non-hydrogen) atoms. The Kier molecular flexibility index (Phi) is 2.56. The van der Waals surface area contributed by atoms with Crippen LogP contribution in [0.1, 0.15) is 15.9 Å². The third-order valence-electron chi connectivity index (χ3n) is 3.04. The number of aromatic carboxylic acids is 1. The second-order valence-corrected chi connectivity index (χ2v) is 4.33. The van der Waals surface area contributed by atoms with Gasteiger partial charge in [-0.15, -0.1) is 0 Å². The number of nitrogens with zero attached hydrogens (tertiary/aromatic N) is 1. The first kappa shape index (κ1) is 11.5. The largest absolute Gasteiger partial charge is 0.478 e. The first-order valence-electron chi connectivity index (χ1n) is 5.84. The van der Waals surface area contributed by atoms with E-state index in [1.54, 1.807) is 6.07 Å². The molecular formula is C15H11NO3. The van der Waals surface area contributed by atoms with Gasteiger partial charge in [0.05, 0.1) is 5.56 Å². The lowest BCUT2D eigenvalue weighted by Gasteiger charge is -1.96. The molecule has 2 heterocycles. The van der Waals surface area contributed by atoms with Crippen LogP contribution >= 0.6 is 0 Å². The van der Waals surface area contributed by atoms with Crippen molar-refractivity contribution in [3.8, 4) is 11.5 Å². The van der Waals surface area contributed by atoms with Crippen LogP contribution in [0.2, 0.25) is 0 Å². The first-order valence-corrected chi connectivity index (χ1v) is 5.84. The summed E-state index contributed by atoms with van der Waals surface area (Å²) >= 11 is 0. The lowest BCUT2D eigenvalue weighted by Crippen LogP contribution is -1.96. The fourth-order valence-electron chi connectivity index (χ4n) is 2.00. The van der Waals surface area contributed by atoms with E-state index in [0.717, 1.165) is 16.5 Å². The Balaban J connectivity index is 2.09. The normalized spacial score (nSPS) is 10.8. The Morgan fingerprint density at radius 3 is 2.74 bits per heavy atom. The van der Waals surface area contributed by atoms with Gasteiger partial charge in [0.1, 0.15) is 11.3 Å². The van der Waals surface area contributed by atoms with E-state index in [9.17, 15) is 4.79 Å². The van der Waals surface area contributed by atoms with E-state index in [1.165, 1.54) is 12.3 Å². The molecule has 94 valence electrons. The van der Waals surface area contributed by atoms with Gasteiger partial charge in [-0.1, -0.05) is 12.1 Å². The Bertz CT molecular complexity index is 757. The lowest BCUT2D eigenvalue weighted by molar-refractivity contribution is 0.0696. The predicted octanol–water partition coefficient (Wildman–Crippen LogP) is 3.50. The van der Waals surface area contributed by atoms with E-state index in [-0.39, 0.29) is 5.56 Å². The molecule has 0 bridgehead atoms. The number of carboxylic acid groups (broad SMARTS) is 1. The summed E-state index contributed by atoms with van der Waals surface area (Å²) in [7, 11) is 0. The maximum Gasteiger partial charge on any atom is 0.337 e. The van der Waals surface area contributed by atoms with Crippen LogP contribution in [-0.4, -0.2) is 16.1 Å². The van der Waals surface area contributed by atoms with Gasteiger partial charge in [-0.3, -0.25) is 4.98 Å². The molecule has 0 aliphatic heterocycles. The summed E-state index contributed by atoms with van der Waals surface area (Å²) in [6.45, 7) is 2.02. The van der Waals surface area contributed by atoms with Gasteiger partial charge in [0.15, 0.2) is 5.76 Å². The van der Waals surface area contributed by atoms with Gasteiger partial charge in [-0.25, -0.2) is 4.79 Å². The van der Waals surface area contributed by atoms with E-state index in [1.807, 2.05) is 31.2 Å². The highest BCUT2D eigenvalue weighted by atomic mass is 16.4. The fraction of sp³-hybridized carbons (Fsp3) is 0.0667. The molecule has 0 radical (unpaired) electrons. The number of hydrogen-bond acceptors (Lipinski definition) is 3. The lowest BCUT2D eigenvalue weighted by atomic mass is 10.1. The number of carboxylic acids is 1. The average molecular weight is 253 g/mol. The van der Waals surface area contributed by atoms with Crippen molar-refractivity contribution in [2.45, 2.75) is 6.92 Å². The van der Waals surface area contributed by atoms with E-state index in [0.29, 0.717) is 11.5 Å². The van der Waals surface area contributed by atoms with E-state index < -0.39 is 5.97 Å². The number of carbonyl (C=O) groups is 1. The maximum absolute atomic E-state index is 10.8. The summed E-state index contributed by atoms with van der Waals surface area (Å²) in [6, 6.07) is 10.9. The smallest absolute Gasteiger partial charge is 0.337 e. The molecule has 1 aromatic carbocycles. The second-order valence-electron chi connectivity index (χ2n) is 4.33. The second kappa shape index (κ2) is 4.24. The minimum absolute atomic E-state index is 0.163. The number of pyridine rings is 1. The summed E-state index contributed by atoms with van der Waals surface area (Å²) in [5.41, 5.74) is 2.73. The van der Waals surface area contributed by atoms with Crippen LogP contribution in [0, 0.1) is 6.92 Å². The number of rotatable bonds is 2. The van der Waals surface area contributed by atoms with Gasteiger partial charge in [0.2, 0.25) is 0 Å². The van der Waals surface area contributed by atoms with Gasteiger partial charge in [0, 0.05) is 11.6 Å². The van der Waals surface area contributed by atoms with E-state index >= 15 is 0 Å². The van der Waals surface area contributed by atoms with Crippen molar-refractivity contribution in [1.29, 1.82) is 0 Å². The number of hydrogen-bond donors (Lipinski definition) is 1. The summed E-state index contributed by atoms with van der Waals surface area (Å²) in [4.78, 5) is 14.9. The van der Waals surface area contributed by atoms with Gasteiger partial charge >= 0.3 is 5.97 Å². The van der Waals surface area contributed by atoms with Crippen LogP contribution in [-0.2, 0) is 0 Å². The Labute approximate surface area is 109 Å². The molecule has 2 aromatic heterocycles. The molecule has 0 saturated heterocycles. The number of benzene rings is 1. The highest BCUT2D eigenvalue weighted by molar-refractivity contribution is 5.88. The van der Waals surface area contributed by atoms with Crippen molar-refractivity contribution in [1.82, 2.24) is 4.98 Å². The zero-order valence-electron chi connectivity index (χ0n) is 10.3. The highest BCUT2D eigenvalue weighted by Gasteiger charge is 2.10. The van der Waals surface area contributed by atoms with Crippen molar-refractivity contribution >= 4 is 16.9 Å². The van der Waals surface area contributed by atoms with Crippen molar-refractivity contribution in [3.63, 3.8) is 0 Å². The number of aromatic nitrogens is 1. The third-order valence-corrected chi connectivity index (χ3v) is 3.04. The molecule has 0 aliphatic rings. The van der Waals surface area contributed by atoms with Crippen LogP contribution < -0.4 is 0 Å². The summed E-state index contributed by atoms with van der Waals surface area (Å²) in [5, 5.41) is 9.88. The SMILES string of the molecule is Cc1cccc2oc(-c3ccc(C(=O)O)cn3)cc12. The average Bonchev–Trinajstić information content (AvgIpc) is 2.84. The van der Waals surface area contributed by atoms with Crippen molar-refractivity contribution in [2.24, 2.45) is 0 Å². The van der Waals surface area contributed by atoms with Crippen molar-refractivity contribution in [2.75, 3.05) is 0 Å². The van der Waals surface area contributed by atoms with Crippen LogP contribution in [0.4, 0.5) is 0 Å². The van der Waals surface area contributed by atoms with Crippen molar-refractivity contribution < 1.29 is 14.3 Å². The minimum atomic E-state index is -0.987. The number of fused-ring (bicyclic) bond motifs is 1. The van der Waals surface area contributed by atoms with E-state index in [4.69, 9.17) is 9.52 Å². The zero-order valence-corrected chi connectivity index (χ0v) is 10.3. The fourth-order valence-corrected chi connectivity index (χ4v) is 2.00. The van der Waals surface area contributed by atoms with Gasteiger partial charge < -0.3 is 9.52 Å². The molecule has 4 nitrogen and oxygen atoms in total. The molecule has 1 N–H and O–H groups in total. The maximum atomic E-state index is 10.8. The number of aryl methyl sites for hydroxylation is 1. The molecule has 0 amide bonds. The summed E-state index contributed by atoms with van der Waals surface area (Å²) in [6.07, 6.45) is 1.33. The number of furan rings is 1. The van der Waals surface area contributed by atoms with E-state index in [2.05, 4.69) is 4.98 Å². The standard InChI is InChI=1S/C15H11NO3/c1-9-3-2-4-13-11(9)7-14(19-13)12-6-5-10(8-16-12)15(17)18/h2-8H,1H3,(H,17,18). The summed E-state index contributed by atoms with van der Waals surface area (Å²) < 4.78 is 5.73. The quantitative estimate of drug-likeness (QED) is 0.759. The molecule has 0 unspecified atom stereocenters. The van der Waals surface area contributed by atoms with Gasteiger partial charge in [-0.05, 0) is 36.8 Å². The molecule has 0 aliphatic carbocycles. The predicted molar refractivity (Wildman–Crippen MR) is 71.1 cm³/mol. The van der Waals surface area contributed by atoms with Crippen LogP contribution in [0.3, 0.4) is 0 Å². The topological polar surface area (TPSA) is 63.3 Å². The van der Waals surface area contributed by atoms with Crippen molar-refractivity contribution in [3.05, 3.63) is 53.7 Å². The van der Waals surface area contributed by atoms with Gasteiger partial charge in [0.25, 0.3) is 0 Å². The Morgan fingerprint density at radius 2 is 2.11 bits per heavy atom. The molecular weight excluding hydrogens is 242 g/mol. The minimum Gasteiger partial charge on any atom is -0.478 e. The molecule has 3 rings (SSSR count). The molecule has 0 fully saturated rings. The molecule has 0 saturated carbocycles. The molecule has 3 aromatic rings. The molecule has 0 atom stereocenters. The summed E-state index contributed by atoms with van der Waals surface area (Å²) in [5.74, 6) is -0.347. The highest BCUT2D eigenvalue weighted by Crippen LogP contribution is 2.28.